The standard InChI is InChI=1S/C16H19N7O/c1-8(21-16(19)20)7-23-12-5-3-2-4-9(12)10-6-11(14(18)24)13(17)22-15(10)23/h2-6,8H,7H2,1H3,(H2,17,22)(H2,18,24)(H4,19,20,21)/t8-/m0/s1. The zero-order valence-electron chi connectivity index (χ0n) is 13.2. The van der Waals surface area contributed by atoms with Crippen molar-refractivity contribution in [1.82, 2.24) is 9.55 Å². The summed E-state index contributed by atoms with van der Waals surface area (Å²) in [5.74, 6) is -0.465. The van der Waals surface area contributed by atoms with Crippen molar-refractivity contribution in [2.45, 2.75) is 19.5 Å². The first-order chi connectivity index (χ1) is 11.4. The van der Waals surface area contributed by atoms with Gasteiger partial charge >= 0.3 is 0 Å². The highest BCUT2D eigenvalue weighted by atomic mass is 16.1. The van der Waals surface area contributed by atoms with Gasteiger partial charge < -0.3 is 27.5 Å². The molecule has 8 heteroatoms. The summed E-state index contributed by atoms with van der Waals surface area (Å²) < 4.78 is 1.99. The van der Waals surface area contributed by atoms with Gasteiger partial charge in [-0.05, 0) is 19.1 Å². The molecule has 1 amide bonds. The summed E-state index contributed by atoms with van der Waals surface area (Å²) in [5, 5.41) is 1.77. The predicted molar refractivity (Wildman–Crippen MR) is 95.4 cm³/mol. The van der Waals surface area contributed by atoms with Crippen LogP contribution < -0.4 is 22.9 Å². The lowest BCUT2D eigenvalue weighted by Crippen LogP contribution is -2.26. The van der Waals surface area contributed by atoms with Crippen LogP contribution in [0.1, 0.15) is 17.3 Å². The number of benzene rings is 1. The number of nitrogens with zero attached hydrogens (tertiary/aromatic N) is 3. The number of hydrogen-bond donors (Lipinski definition) is 4. The molecule has 0 saturated carbocycles. The normalized spacial score (nSPS) is 12.4. The van der Waals surface area contributed by atoms with Gasteiger partial charge in [0.2, 0.25) is 0 Å². The topological polar surface area (TPSA) is 151 Å². The van der Waals surface area contributed by atoms with E-state index in [1.54, 1.807) is 6.07 Å². The van der Waals surface area contributed by atoms with Gasteiger partial charge in [-0.2, -0.15) is 0 Å². The number of amides is 1. The Morgan fingerprint density at radius 1 is 1.25 bits per heavy atom. The maximum atomic E-state index is 11.6. The molecule has 0 fully saturated rings. The number of guanidine groups is 1. The van der Waals surface area contributed by atoms with Crippen molar-refractivity contribution in [1.29, 1.82) is 0 Å². The highest BCUT2D eigenvalue weighted by Crippen LogP contribution is 2.30. The number of aromatic nitrogens is 2. The van der Waals surface area contributed by atoms with Gasteiger partial charge in [0.15, 0.2) is 5.96 Å². The minimum absolute atomic E-state index is 0.0340. The monoisotopic (exact) mass is 325 g/mol. The summed E-state index contributed by atoms with van der Waals surface area (Å²) in [6.45, 7) is 2.42. The number of para-hydroxylation sites is 1. The molecule has 1 atom stereocenters. The molecule has 0 saturated heterocycles. The Morgan fingerprint density at radius 2 is 1.96 bits per heavy atom. The second-order valence-corrected chi connectivity index (χ2v) is 5.69. The first-order valence-electron chi connectivity index (χ1n) is 7.44. The van der Waals surface area contributed by atoms with Crippen LogP contribution in [-0.4, -0.2) is 27.5 Å². The first kappa shape index (κ1) is 15.6. The van der Waals surface area contributed by atoms with Gasteiger partial charge in [-0.1, -0.05) is 18.2 Å². The van der Waals surface area contributed by atoms with E-state index in [0.717, 1.165) is 16.3 Å². The molecule has 0 bridgehead atoms. The Kier molecular flexibility index (Phi) is 3.72. The summed E-state index contributed by atoms with van der Waals surface area (Å²) >= 11 is 0. The van der Waals surface area contributed by atoms with Crippen LogP contribution in [0.25, 0.3) is 21.9 Å². The summed E-state index contributed by atoms with van der Waals surface area (Å²) in [6.07, 6.45) is 0. The summed E-state index contributed by atoms with van der Waals surface area (Å²) in [4.78, 5) is 20.1. The van der Waals surface area contributed by atoms with Crippen LogP contribution in [0.4, 0.5) is 5.82 Å². The van der Waals surface area contributed by atoms with Gasteiger partial charge in [-0.15, -0.1) is 0 Å². The number of carbonyl (C=O) groups excluding carboxylic acids is 1. The van der Waals surface area contributed by atoms with E-state index in [4.69, 9.17) is 22.9 Å². The SMILES string of the molecule is C[C@@H](Cn1c2ccccc2c2cc(C(N)=O)c(N)nc21)N=C(N)N. The van der Waals surface area contributed by atoms with Crippen LogP contribution >= 0.6 is 0 Å². The Labute approximate surface area is 138 Å². The quantitative estimate of drug-likeness (QED) is 0.407. The average molecular weight is 325 g/mol. The fourth-order valence-electron chi connectivity index (χ4n) is 2.91. The van der Waals surface area contributed by atoms with E-state index in [-0.39, 0.29) is 23.4 Å². The Bertz CT molecular complexity index is 969. The number of primary amides is 1. The Morgan fingerprint density at radius 3 is 2.62 bits per heavy atom. The molecule has 0 spiro atoms. The van der Waals surface area contributed by atoms with E-state index < -0.39 is 5.91 Å². The zero-order valence-corrected chi connectivity index (χ0v) is 13.2. The second-order valence-electron chi connectivity index (χ2n) is 5.69. The molecular weight excluding hydrogens is 306 g/mol. The molecule has 0 unspecified atom stereocenters. The number of nitrogens with two attached hydrogens (primary N) is 4. The summed E-state index contributed by atoms with van der Waals surface area (Å²) in [6, 6.07) is 9.33. The van der Waals surface area contributed by atoms with Crippen molar-refractivity contribution in [3.63, 3.8) is 0 Å². The molecule has 2 heterocycles. The minimum Gasteiger partial charge on any atom is -0.383 e. The van der Waals surface area contributed by atoms with Crippen molar-refractivity contribution >= 4 is 39.6 Å². The number of carbonyl (C=O) groups is 1. The second kappa shape index (κ2) is 5.73. The number of anilines is 1. The van der Waals surface area contributed by atoms with Crippen molar-refractivity contribution < 1.29 is 4.79 Å². The lowest BCUT2D eigenvalue weighted by atomic mass is 10.1. The molecule has 8 N–H and O–H groups in total. The molecule has 2 aromatic heterocycles. The fraction of sp³-hybridized carbons (Fsp3) is 0.188. The van der Waals surface area contributed by atoms with E-state index in [0.29, 0.717) is 12.2 Å². The summed E-state index contributed by atoms with van der Waals surface area (Å²) in [7, 11) is 0. The largest absolute Gasteiger partial charge is 0.383 e. The highest BCUT2D eigenvalue weighted by Gasteiger charge is 2.17. The van der Waals surface area contributed by atoms with E-state index in [1.165, 1.54) is 0 Å². The Balaban J connectivity index is 2.28. The van der Waals surface area contributed by atoms with Gasteiger partial charge in [0.1, 0.15) is 11.5 Å². The van der Waals surface area contributed by atoms with Gasteiger partial charge in [0.25, 0.3) is 5.91 Å². The average Bonchev–Trinajstić information content (AvgIpc) is 2.79. The van der Waals surface area contributed by atoms with Gasteiger partial charge in [-0.3, -0.25) is 4.79 Å². The van der Waals surface area contributed by atoms with Crippen molar-refractivity contribution in [3.8, 4) is 0 Å². The third kappa shape index (κ3) is 2.58. The van der Waals surface area contributed by atoms with Gasteiger partial charge in [-0.25, -0.2) is 9.98 Å². The number of fused-ring (bicyclic) bond motifs is 3. The van der Waals surface area contributed by atoms with Gasteiger partial charge in [0.05, 0.1) is 17.1 Å². The molecule has 3 rings (SSSR count). The molecular formula is C16H19N7O. The maximum Gasteiger partial charge on any atom is 0.252 e. The predicted octanol–water partition coefficient (Wildman–Crippen LogP) is 0.533. The number of rotatable bonds is 4. The first-order valence-corrected chi connectivity index (χ1v) is 7.44. The molecule has 1 aromatic carbocycles. The van der Waals surface area contributed by atoms with Crippen LogP contribution in [0.3, 0.4) is 0 Å². The highest BCUT2D eigenvalue weighted by molar-refractivity contribution is 6.10. The minimum atomic E-state index is -0.604. The van der Waals surface area contributed by atoms with E-state index in [9.17, 15) is 4.79 Å². The lowest BCUT2D eigenvalue weighted by Gasteiger charge is -2.11. The molecule has 8 nitrogen and oxygen atoms in total. The molecule has 0 radical (unpaired) electrons. The third-order valence-corrected chi connectivity index (χ3v) is 3.85. The molecule has 0 aliphatic rings. The summed E-state index contributed by atoms with van der Waals surface area (Å²) in [5.41, 5.74) is 24.0. The van der Waals surface area contributed by atoms with Crippen molar-refractivity contribution in [2.24, 2.45) is 22.2 Å². The maximum absolute atomic E-state index is 11.6. The van der Waals surface area contributed by atoms with Crippen molar-refractivity contribution in [3.05, 3.63) is 35.9 Å². The molecule has 0 aliphatic heterocycles. The fourth-order valence-corrected chi connectivity index (χ4v) is 2.91. The number of aliphatic imine (C=N–C) groups is 1. The van der Waals surface area contributed by atoms with Crippen LogP contribution in [0.5, 0.6) is 0 Å². The zero-order chi connectivity index (χ0) is 17.4. The number of pyridine rings is 1. The molecule has 24 heavy (non-hydrogen) atoms. The van der Waals surface area contributed by atoms with Crippen molar-refractivity contribution in [2.75, 3.05) is 5.73 Å². The smallest absolute Gasteiger partial charge is 0.252 e. The third-order valence-electron chi connectivity index (χ3n) is 3.85. The van der Waals surface area contributed by atoms with Crippen LogP contribution in [0, 0.1) is 0 Å². The van der Waals surface area contributed by atoms with Crippen LogP contribution in [0.15, 0.2) is 35.3 Å². The van der Waals surface area contributed by atoms with Crippen LogP contribution in [0.2, 0.25) is 0 Å². The van der Waals surface area contributed by atoms with E-state index in [2.05, 4.69) is 9.98 Å². The van der Waals surface area contributed by atoms with E-state index >= 15 is 0 Å². The molecule has 124 valence electrons. The van der Waals surface area contributed by atoms with E-state index in [1.807, 2.05) is 35.8 Å². The molecule has 3 aromatic rings. The number of nitrogen functional groups attached to an aromatic ring is 1. The lowest BCUT2D eigenvalue weighted by molar-refractivity contribution is 0.100. The van der Waals surface area contributed by atoms with Crippen LogP contribution in [-0.2, 0) is 6.54 Å². The Hall–Kier alpha value is -3.29. The van der Waals surface area contributed by atoms with Gasteiger partial charge in [0, 0.05) is 17.3 Å². The number of hydrogen-bond acceptors (Lipinski definition) is 4. The molecule has 0 aliphatic carbocycles.